The normalized spacial score (nSPS) is 12.1. The summed E-state index contributed by atoms with van der Waals surface area (Å²) in [6.07, 6.45) is 3.11. The van der Waals surface area contributed by atoms with Crippen molar-refractivity contribution < 1.29 is 4.79 Å². The number of nitrogens with zero attached hydrogens (tertiary/aromatic N) is 3. The highest BCUT2D eigenvalue weighted by Crippen LogP contribution is 2.07. The fourth-order valence-corrected chi connectivity index (χ4v) is 1.67. The van der Waals surface area contributed by atoms with E-state index in [1.807, 2.05) is 14.0 Å². The van der Waals surface area contributed by atoms with Gasteiger partial charge in [0.15, 0.2) is 5.82 Å². The third-order valence-corrected chi connectivity index (χ3v) is 2.75. The number of carbonyl (C=O) groups excluding carboxylic acids is 1. The van der Waals surface area contributed by atoms with Crippen LogP contribution >= 0.6 is 12.2 Å². The quantitative estimate of drug-likeness (QED) is 0.706. The van der Waals surface area contributed by atoms with Crippen LogP contribution in [0.5, 0.6) is 0 Å². The van der Waals surface area contributed by atoms with E-state index in [-0.39, 0.29) is 10.9 Å². The average Bonchev–Trinajstić information content (AvgIpc) is 2.68. The Bertz CT molecular complexity index is 403. The van der Waals surface area contributed by atoms with Crippen molar-refractivity contribution >= 4 is 23.1 Å². The van der Waals surface area contributed by atoms with Gasteiger partial charge in [0.25, 0.3) is 0 Å². The van der Waals surface area contributed by atoms with Crippen molar-refractivity contribution in [3.63, 3.8) is 0 Å². The second-order valence-corrected chi connectivity index (χ2v) is 4.29. The molecule has 1 heterocycles. The van der Waals surface area contributed by atoms with Gasteiger partial charge in [-0.25, -0.2) is 0 Å². The van der Waals surface area contributed by atoms with E-state index in [2.05, 4.69) is 15.5 Å². The molecule has 0 aliphatic rings. The standard InChI is InChI=1S/C10H17N5OS/c1-3-4-7(9(11)17)10(16)12-5-8-14-13-6-15(8)2/h6-7H,3-5H2,1-2H3,(H2,11,17)(H,12,16). The van der Waals surface area contributed by atoms with Crippen LogP contribution in [0.15, 0.2) is 6.33 Å². The highest BCUT2D eigenvalue weighted by molar-refractivity contribution is 7.80. The van der Waals surface area contributed by atoms with E-state index >= 15 is 0 Å². The first-order valence-corrected chi connectivity index (χ1v) is 5.87. The smallest absolute Gasteiger partial charge is 0.230 e. The van der Waals surface area contributed by atoms with Gasteiger partial charge in [-0.2, -0.15) is 0 Å². The van der Waals surface area contributed by atoms with E-state index in [4.69, 9.17) is 18.0 Å². The number of amides is 1. The molecule has 1 amide bonds. The van der Waals surface area contributed by atoms with Gasteiger partial charge < -0.3 is 15.6 Å². The van der Waals surface area contributed by atoms with E-state index < -0.39 is 5.92 Å². The first-order valence-electron chi connectivity index (χ1n) is 5.46. The third-order valence-electron chi connectivity index (χ3n) is 2.46. The predicted molar refractivity (Wildman–Crippen MR) is 68.0 cm³/mol. The van der Waals surface area contributed by atoms with Crippen LogP contribution in [0.2, 0.25) is 0 Å². The number of hydrogen-bond donors (Lipinski definition) is 2. The van der Waals surface area contributed by atoms with Gasteiger partial charge >= 0.3 is 0 Å². The first kappa shape index (κ1) is 13.6. The zero-order valence-electron chi connectivity index (χ0n) is 10.0. The third kappa shape index (κ3) is 3.77. The topological polar surface area (TPSA) is 85.8 Å². The van der Waals surface area contributed by atoms with Crippen LogP contribution in [0.3, 0.4) is 0 Å². The highest BCUT2D eigenvalue weighted by Gasteiger charge is 2.20. The minimum Gasteiger partial charge on any atom is -0.393 e. The molecular formula is C10H17N5OS. The second kappa shape index (κ2) is 6.29. The fraction of sp³-hybridized carbons (Fsp3) is 0.600. The van der Waals surface area contributed by atoms with Crippen molar-refractivity contribution in [3.05, 3.63) is 12.2 Å². The van der Waals surface area contributed by atoms with Crippen molar-refractivity contribution in [2.45, 2.75) is 26.3 Å². The zero-order chi connectivity index (χ0) is 12.8. The monoisotopic (exact) mass is 255 g/mol. The Labute approximate surface area is 106 Å². The zero-order valence-corrected chi connectivity index (χ0v) is 10.8. The molecule has 1 aromatic heterocycles. The summed E-state index contributed by atoms with van der Waals surface area (Å²) in [5.41, 5.74) is 5.54. The summed E-state index contributed by atoms with van der Waals surface area (Å²) in [6, 6.07) is 0. The van der Waals surface area contributed by atoms with Gasteiger partial charge in [0.2, 0.25) is 5.91 Å². The van der Waals surface area contributed by atoms with E-state index in [0.717, 1.165) is 6.42 Å². The van der Waals surface area contributed by atoms with Crippen LogP contribution in [0.4, 0.5) is 0 Å². The summed E-state index contributed by atoms with van der Waals surface area (Å²) < 4.78 is 1.75. The molecule has 1 unspecified atom stereocenters. The molecule has 0 bridgehead atoms. The van der Waals surface area contributed by atoms with E-state index in [0.29, 0.717) is 18.8 Å². The lowest BCUT2D eigenvalue weighted by Gasteiger charge is -2.14. The van der Waals surface area contributed by atoms with Crippen molar-refractivity contribution in [2.24, 2.45) is 18.7 Å². The molecule has 1 rings (SSSR count). The Hall–Kier alpha value is -1.50. The number of aromatic nitrogens is 3. The molecule has 94 valence electrons. The number of nitrogens with one attached hydrogen (secondary N) is 1. The molecule has 1 atom stereocenters. The number of rotatable bonds is 6. The van der Waals surface area contributed by atoms with Gasteiger partial charge in [-0.15, -0.1) is 10.2 Å². The summed E-state index contributed by atoms with van der Waals surface area (Å²) in [5.74, 6) is 0.141. The van der Waals surface area contributed by atoms with E-state index in [1.165, 1.54) is 0 Å². The van der Waals surface area contributed by atoms with E-state index in [9.17, 15) is 4.79 Å². The van der Waals surface area contributed by atoms with Crippen LogP contribution in [-0.2, 0) is 18.4 Å². The summed E-state index contributed by atoms with van der Waals surface area (Å²) in [7, 11) is 1.82. The van der Waals surface area contributed by atoms with Crippen LogP contribution in [-0.4, -0.2) is 25.7 Å². The van der Waals surface area contributed by atoms with Gasteiger partial charge in [0, 0.05) is 7.05 Å². The molecule has 3 N–H and O–H groups in total. The largest absolute Gasteiger partial charge is 0.393 e. The Kier molecular flexibility index (Phi) is 5.02. The first-order chi connectivity index (χ1) is 8.06. The molecule has 1 aromatic rings. The van der Waals surface area contributed by atoms with Crippen molar-refractivity contribution in [1.29, 1.82) is 0 Å². The summed E-state index contributed by atoms with van der Waals surface area (Å²) >= 11 is 4.88. The van der Waals surface area contributed by atoms with Crippen LogP contribution in [0.1, 0.15) is 25.6 Å². The van der Waals surface area contributed by atoms with Crippen molar-refractivity contribution in [3.8, 4) is 0 Å². The van der Waals surface area contributed by atoms with Gasteiger partial charge in [0.1, 0.15) is 6.33 Å². The van der Waals surface area contributed by atoms with Crippen molar-refractivity contribution in [1.82, 2.24) is 20.1 Å². The summed E-state index contributed by atoms with van der Waals surface area (Å²) in [4.78, 5) is 12.1. The minimum absolute atomic E-state index is 0.151. The molecule has 7 heteroatoms. The molecule has 0 fully saturated rings. The Morgan fingerprint density at radius 2 is 2.41 bits per heavy atom. The maximum Gasteiger partial charge on any atom is 0.230 e. The molecule has 0 saturated heterocycles. The molecule has 0 spiro atoms. The highest BCUT2D eigenvalue weighted by atomic mass is 32.1. The van der Waals surface area contributed by atoms with Gasteiger partial charge in [-0.05, 0) is 6.42 Å². The Balaban J connectivity index is 2.53. The Morgan fingerprint density at radius 3 is 2.88 bits per heavy atom. The lowest BCUT2D eigenvalue weighted by atomic mass is 10.0. The van der Waals surface area contributed by atoms with E-state index in [1.54, 1.807) is 10.9 Å². The van der Waals surface area contributed by atoms with Crippen LogP contribution < -0.4 is 11.1 Å². The number of aryl methyl sites for hydroxylation is 1. The molecular weight excluding hydrogens is 238 g/mol. The maximum atomic E-state index is 11.8. The maximum absolute atomic E-state index is 11.8. The molecule has 0 radical (unpaired) electrons. The Morgan fingerprint density at radius 1 is 1.71 bits per heavy atom. The number of thiocarbonyl (C=S) groups is 1. The summed E-state index contributed by atoms with van der Waals surface area (Å²) in [5, 5.41) is 10.4. The number of hydrogen-bond acceptors (Lipinski definition) is 4. The van der Waals surface area contributed by atoms with Gasteiger partial charge in [0.05, 0.1) is 17.5 Å². The summed E-state index contributed by atoms with van der Waals surface area (Å²) in [6.45, 7) is 2.32. The molecule has 0 saturated carbocycles. The van der Waals surface area contributed by atoms with Gasteiger partial charge in [-0.1, -0.05) is 25.6 Å². The molecule has 0 aliphatic carbocycles. The molecule has 0 aliphatic heterocycles. The molecule has 0 aromatic carbocycles. The number of carbonyl (C=O) groups is 1. The van der Waals surface area contributed by atoms with Gasteiger partial charge in [-0.3, -0.25) is 4.79 Å². The van der Waals surface area contributed by atoms with Crippen LogP contribution in [0.25, 0.3) is 0 Å². The predicted octanol–water partition coefficient (Wildman–Crippen LogP) is 0.134. The molecule has 17 heavy (non-hydrogen) atoms. The lowest BCUT2D eigenvalue weighted by molar-refractivity contribution is -0.123. The lowest BCUT2D eigenvalue weighted by Crippen LogP contribution is -2.37. The SMILES string of the molecule is CCCC(C(=O)NCc1nncn1C)C(N)=S. The minimum atomic E-state index is -0.400. The number of nitrogens with two attached hydrogens (primary N) is 1. The second-order valence-electron chi connectivity index (χ2n) is 3.82. The average molecular weight is 255 g/mol. The van der Waals surface area contributed by atoms with Crippen molar-refractivity contribution in [2.75, 3.05) is 0 Å². The molecule has 6 nitrogen and oxygen atoms in total. The fourth-order valence-electron chi connectivity index (χ4n) is 1.45. The van der Waals surface area contributed by atoms with Crippen LogP contribution in [0, 0.1) is 5.92 Å².